The maximum Gasteiger partial charge on any atom is 0.472 e. The first kappa shape index (κ1) is 19.1. The van der Waals surface area contributed by atoms with Crippen molar-refractivity contribution in [2.45, 2.75) is 37.9 Å². The molecule has 144 valence electrons. The van der Waals surface area contributed by atoms with E-state index in [1.54, 1.807) is 6.92 Å². The molecule has 3 heterocycles. The molecule has 0 radical (unpaired) electrons. The quantitative estimate of drug-likeness (QED) is 0.452. The van der Waals surface area contributed by atoms with Crippen LogP contribution in [-0.4, -0.2) is 66.2 Å². The van der Waals surface area contributed by atoms with Gasteiger partial charge in [-0.15, -0.1) is 0 Å². The maximum atomic E-state index is 11.7. The van der Waals surface area contributed by atoms with Gasteiger partial charge in [-0.2, -0.15) is 0 Å². The minimum absolute atomic E-state index is 0.0509. The minimum Gasteiger partial charge on any atom is -0.387 e. The third-order valence-electron chi connectivity index (χ3n) is 3.86. The summed E-state index contributed by atoms with van der Waals surface area (Å²) < 4.78 is 28.2. The standard InChI is InChI=1S/C13H20N5O7P/c1-2-3-23-26(21,22)24-4-7-9(19)10(20)13(25-7)18-6-17-8-11(14)15-5-16-12(8)18/h5-7,9-10,13,19-20H,2-4H2,1H3,(H,21,22)(H2,14,15,16)/t7-,9-,10-,13-/m1/s1. The molecule has 2 aromatic rings. The van der Waals surface area contributed by atoms with Crippen LogP contribution in [0, 0.1) is 0 Å². The molecule has 1 aliphatic rings. The zero-order valence-corrected chi connectivity index (χ0v) is 14.8. The molecule has 5 atom stereocenters. The van der Waals surface area contributed by atoms with Crippen molar-refractivity contribution in [3.63, 3.8) is 0 Å². The SMILES string of the molecule is CCCOP(=O)(O)OC[C@H]1O[C@@H](n2cnc3c(N)ncnc32)[C@H](O)[C@@H]1O. The largest absolute Gasteiger partial charge is 0.472 e. The number of rotatable bonds is 7. The number of anilines is 1. The molecule has 0 amide bonds. The Bertz CT molecular complexity index is 817. The third kappa shape index (κ3) is 3.71. The van der Waals surface area contributed by atoms with E-state index in [1.165, 1.54) is 17.2 Å². The van der Waals surface area contributed by atoms with Crippen molar-refractivity contribution < 1.29 is 33.5 Å². The second-order valence-corrected chi connectivity index (χ2v) is 7.18. The summed E-state index contributed by atoms with van der Waals surface area (Å²) in [6, 6.07) is 0. The van der Waals surface area contributed by atoms with Crippen LogP contribution in [0.25, 0.3) is 11.2 Å². The average Bonchev–Trinajstić information content (AvgIpc) is 3.15. The molecular weight excluding hydrogens is 369 g/mol. The Morgan fingerprint density at radius 2 is 2.08 bits per heavy atom. The van der Waals surface area contributed by atoms with Gasteiger partial charge in [-0.25, -0.2) is 19.5 Å². The van der Waals surface area contributed by atoms with Gasteiger partial charge in [0.15, 0.2) is 17.7 Å². The summed E-state index contributed by atoms with van der Waals surface area (Å²) in [5, 5.41) is 20.5. The third-order valence-corrected chi connectivity index (χ3v) is 4.84. The summed E-state index contributed by atoms with van der Waals surface area (Å²) in [4.78, 5) is 21.5. The number of aromatic nitrogens is 4. The fourth-order valence-corrected chi connectivity index (χ4v) is 3.39. The highest BCUT2D eigenvalue weighted by Gasteiger charge is 2.45. The lowest BCUT2D eigenvalue weighted by atomic mass is 10.1. The summed E-state index contributed by atoms with van der Waals surface area (Å²) in [7, 11) is -4.26. The molecule has 0 bridgehead atoms. The molecule has 12 nitrogen and oxygen atoms in total. The number of phosphoric ester groups is 1. The van der Waals surface area contributed by atoms with Crippen LogP contribution >= 0.6 is 7.82 Å². The molecule has 13 heteroatoms. The van der Waals surface area contributed by atoms with Gasteiger partial charge in [-0.3, -0.25) is 13.6 Å². The Kier molecular flexibility index (Phi) is 5.53. The van der Waals surface area contributed by atoms with Gasteiger partial charge in [0, 0.05) is 0 Å². The van der Waals surface area contributed by atoms with Crippen molar-refractivity contribution in [2.24, 2.45) is 0 Å². The number of phosphoric acid groups is 1. The van der Waals surface area contributed by atoms with Gasteiger partial charge in [0.25, 0.3) is 0 Å². The second-order valence-electron chi connectivity index (χ2n) is 5.73. The molecule has 3 rings (SSSR count). The van der Waals surface area contributed by atoms with Crippen molar-refractivity contribution in [3.05, 3.63) is 12.7 Å². The van der Waals surface area contributed by atoms with E-state index in [4.69, 9.17) is 19.5 Å². The van der Waals surface area contributed by atoms with E-state index in [1.807, 2.05) is 0 Å². The number of hydrogen-bond donors (Lipinski definition) is 4. The molecule has 2 aromatic heterocycles. The lowest BCUT2D eigenvalue weighted by molar-refractivity contribution is -0.0514. The van der Waals surface area contributed by atoms with Crippen LogP contribution in [0.15, 0.2) is 12.7 Å². The molecule has 1 fully saturated rings. The highest BCUT2D eigenvalue weighted by atomic mass is 31.2. The van der Waals surface area contributed by atoms with E-state index < -0.39 is 39.0 Å². The number of aliphatic hydroxyl groups excluding tert-OH is 2. The number of nitrogen functional groups attached to an aromatic ring is 1. The van der Waals surface area contributed by atoms with Gasteiger partial charge >= 0.3 is 7.82 Å². The maximum absolute atomic E-state index is 11.7. The first-order chi connectivity index (χ1) is 12.3. The van der Waals surface area contributed by atoms with Gasteiger partial charge in [0.1, 0.15) is 30.2 Å². The molecule has 1 aliphatic heterocycles. The Morgan fingerprint density at radius 3 is 2.81 bits per heavy atom. The zero-order valence-electron chi connectivity index (χ0n) is 13.9. The molecule has 5 N–H and O–H groups in total. The van der Waals surface area contributed by atoms with Crippen LogP contribution in [-0.2, 0) is 18.3 Å². The predicted octanol–water partition coefficient (Wildman–Crippen LogP) is -0.429. The lowest BCUT2D eigenvalue weighted by Crippen LogP contribution is -2.33. The number of nitrogens with zero attached hydrogens (tertiary/aromatic N) is 4. The highest BCUT2D eigenvalue weighted by molar-refractivity contribution is 7.47. The van der Waals surface area contributed by atoms with E-state index in [2.05, 4.69) is 15.0 Å². The number of fused-ring (bicyclic) bond motifs is 1. The van der Waals surface area contributed by atoms with Crippen molar-refractivity contribution in [3.8, 4) is 0 Å². The molecule has 0 aliphatic carbocycles. The molecule has 1 saturated heterocycles. The average molecular weight is 389 g/mol. The Morgan fingerprint density at radius 1 is 1.31 bits per heavy atom. The monoisotopic (exact) mass is 389 g/mol. The molecular formula is C13H20N5O7P. The number of ether oxygens (including phenoxy) is 1. The van der Waals surface area contributed by atoms with Gasteiger partial charge < -0.3 is 25.6 Å². The Hall–Kier alpha value is -1.66. The van der Waals surface area contributed by atoms with Crippen LogP contribution in [0.5, 0.6) is 0 Å². The molecule has 26 heavy (non-hydrogen) atoms. The van der Waals surface area contributed by atoms with E-state index in [0.29, 0.717) is 17.6 Å². The fraction of sp³-hybridized carbons (Fsp3) is 0.615. The first-order valence-electron chi connectivity index (χ1n) is 7.90. The Labute approximate surface area is 148 Å². The smallest absolute Gasteiger partial charge is 0.387 e. The highest BCUT2D eigenvalue weighted by Crippen LogP contribution is 2.44. The summed E-state index contributed by atoms with van der Waals surface area (Å²) in [6.07, 6.45) is -1.67. The van der Waals surface area contributed by atoms with Crippen molar-refractivity contribution >= 4 is 24.8 Å². The second kappa shape index (κ2) is 7.53. The first-order valence-corrected chi connectivity index (χ1v) is 9.40. The van der Waals surface area contributed by atoms with Gasteiger partial charge in [0.2, 0.25) is 0 Å². The van der Waals surface area contributed by atoms with E-state index in [-0.39, 0.29) is 12.4 Å². The normalized spacial score (nSPS) is 28.5. The summed E-state index contributed by atoms with van der Waals surface area (Å²) in [6.45, 7) is 1.38. The number of nitrogens with two attached hydrogens (primary N) is 1. The molecule has 0 aromatic carbocycles. The van der Waals surface area contributed by atoms with Gasteiger partial charge in [-0.05, 0) is 6.42 Å². The summed E-state index contributed by atoms with van der Waals surface area (Å²) >= 11 is 0. The topological polar surface area (TPSA) is 175 Å². The van der Waals surface area contributed by atoms with Crippen LogP contribution < -0.4 is 5.73 Å². The van der Waals surface area contributed by atoms with Crippen molar-refractivity contribution in [2.75, 3.05) is 18.9 Å². The molecule has 1 unspecified atom stereocenters. The van der Waals surface area contributed by atoms with Crippen LogP contribution in [0.4, 0.5) is 5.82 Å². The summed E-state index contributed by atoms with van der Waals surface area (Å²) in [5.74, 6) is 0.163. The van der Waals surface area contributed by atoms with E-state index in [9.17, 15) is 19.7 Å². The van der Waals surface area contributed by atoms with Gasteiger partial charge in [0.05, 0.1) is 19.5 Å². The fourth-order valence-electron chi connectivity index (χ4n) is 2.56. The number of hydrogen-bond acceptors (Lipinski definition) is 10. The molecule has 0 saturated carbocycles. The van der Waals surface area contributed by atoms with E-state index >= 15 is 0 Å². The van der Waals surface area contributed by atoms with Crippen LogP contribution in [0.2, 0.25) is 0 Å². The van der Waals surface area contributed by atoms with Crippen molar-refractivity contribution in [1.29, 1.82) is 0 Å². The van der Waals surface area contributed by atoms with E-state index in [0.717, 1.165) is 0 Å². The molecule has 0 spiro atoms. The minimum atomic E-state index is -4.26. The number of imidazole rings is 1. The van der Waals surface area contributed by atoms with Crippen LogP contribution in [0.3, 0.4) is 0 Å². The number of aliphatic hydroxyl groups is 2. The van der Waals surface area contributed by atoms with Crippen molar-refractivity contribution in [1.82, 2.24) is 19.5 Å². The lowest BCUT2D eigenvalue weighted by Gasteiger charge is -2.17. The van der Waals surface area contributed by atoms with Crippen LogP contribution in [0.1, 0.15) is 19.6 Å². The predicted molar refractivity (Wildman–Crippen MR) is 87.7 cm³/mol. The zero-order chi connectivity index (χ0) is 18.9. The Balaban J connectivity index is 1.73. The summed E-state index contributed by atoms with van der Waals surface area (Å²) in [5.41, 5.74) is 6.36. The van der Waals surface area contributed by atoms with Gasteiger partial charge in [-0.1, -0.05) is 6.92 Å².